The Hall–Kier alpha value is -2.47. The molecule has 0 bridgehead atoms. The number of carbonyl (C=O) groups excluding carboxylic acids is 1. The molecular weight excluding hydrogens is 306 g/mol. The summed E-state index contributed by atoms with van der Waals surface area (Å²) in [5, 5.41) is 9.69. The highest BCUT2D eigenvalue weighted by atomic mass is 16.5. The second kappa shape index (κ2) is 6.97. The van der Waals surface area contributed by atoms with Crippen LogP contribution in [0.5, 0.6) is 0 Å². The van der Waals surface area contributed by atoms with Gasteiger partial charge in [0.25, 0.3) is 0 Å². The highest BCUT2D eigenvalue weighted by Gasteiger charge is 2.18. The summed E-state index contributed by atoms with van der Waals surface area (Å²) < 4.78 is 4.91. The fourth-order valence-corrected chi connectivity index (χ4v) is 2.30. The van der Waals surface area contributed by atoms with Crippen LogP contribution in [-0.2, 0) is 16.8 Å². The van der Waals surface area contributed by atoms with E-state index >= 15 is 0 Å². The predicted octanol–water partition coefficient (Wildman–Crippen LogP) is 2.69. The first-order chi connectivity index (χ1) is 11.3. The van der Waals surface area contributed by atoms with Crippen LogP contribution in [0.2, 0.25) is 0 Å². The van der Waals surface area contributed by atoms with Crippen LogP contribution in [0.4, 0.5) is 5.82 Å². The number of aliphatic hydroxyl groups excluding tert-OH is 1. The third-order valence-corrected chi connectivity index (χ3v) is 3.70. The average molecular weight is 329 g/mol. The molecule has 2 rings (SSSR count). The van der Waals surface area contributed by atoms with E-state index in [4.69, 9.17) is 10.5 Å². The van der Waals surface area contributed by atoms with Gasteiger partial charge in [0.15, 0.2) is 5.82 Å². The van der Waals surface area contributed by atoms with Crippen LogP contribution in [-0.4, -0.2) is 27.7 Å². The van der Waals surface area contributed by atoms with Crippen LogP contribution in [0, 0.1) is 0 Å². The summed E-state index contributed by atoms with van der Waals surface area (Å²) in [6.45, 7) is 8.14. The van der Waals surface area contributed by atoms with E-state index in [1.807, 2.05) is 18.2 Å². The fraction of sp³-hybridized carbons (Fsp3) is 0.389. The van der Waals surface area contributed by atoms with Gasteiger partial charge >= 0.3 is 5.97 Å². The average Bonchev–Trinajstić information content (AvgIpc) is 2.53. The molecule has 6 heteroatoms. The Morgan fingerprint density at radius 1 is 1.33 bits per heavy atom. The van der Waals surface area contributed by atoms with Crippen LogP contribution in [0.3, 0.4) is 0 Å². The Kier molecular flexibility index (Phi) is 5.19. The number of anilines is 1. The first-order valence-corrected chi connectivity index (χ1v) is 7.82. The first kappa shape index (κ1) is 17.9. The minimum Gasteiger partial charge on any atom is -0.462 e. The van der Waals surface area contributed by atoms with E-state index < -0.39 is 5.97 Å². The smallest absolute Gasteiger partial charge is 0.343 e. The third kappa shape index (κ3) is 3.71. The molecule has 2 aromatic rings. The van der Waals surface area contributed by atoms with E-state index in [1.165, 1.54) is 6.20 Å². The topological polar surface area (TPSA) is 98.3 Å². The standard InChI is InChI=1S/C18H23N3O3/c1-5-24-17(23)14-9-20-16(21-15(14)19)13-7-6-12(18(2,3)4)8-11(13)10-22/h6-9,22H,5,10H2,1-4H3,(H2,19,20,21). The van der Waals surface area contributed by atoms with Gasteiger partial charge in [-0.05, 0) is 23.5 Å². The van der Waals surface area contributed by atoms with Crippen molar-refractivity contribution >= 4 is 11.8 Å². The van der Waals surface area contributed by atoms with Crippen LogP contribution >= 0.6 is 0 Å². The zero-order chi connectivity index (χ0) is 17.9. The maximum atomic E-state index is 11.8. The van der Waals surface area contributed by atoms with Crippen molar-refractivity contribution in [1.82, 2.24) is 9.97 Å². The van der Waals surface area contributed by atoms with Crippen molar-refractivity contribution in [2.75, 3.05) is 12.3 Å². The third-order valence-electron chi connectivity index (χ3n) is 3.70. The summed E-state index contributed by atoms with van der Waals surface area (Å²) in [6, 6.07) is 5.78. The molecule has 6 nitrogen and oxygen atoms in total. The second-order valence-corrected chi connectivity index (χ2v) is 6.49. The van der Waals surface area contributed by atoms with Crippen LogP contribution < -0.4 is 5.73 Å². The number of nitrogens with zero attached hydrogens (tertiary/aromatic N) is 2. The molecule has 1 aromatic heterocycles. The van der Waals surface area contributed by atoms with Gasteiger partial charge in [-0.1, -0.05) is 39.0 Å². The van der Waals surface area contributed by atoms with E-state index in [1.54, 1.807) is 6.92 Å². The number of nitrogen functional groups attached to an aromatic ring is 1. The maximum Gasteiger partial charge on any atom is 0.343 e. The van der Waals surface area contributed by atoms with Crippen LogP contribution in [0.1, 0.15) is 49.2 Å². The van der Waals surface area contributed by atoms with Crippen molar-refractivity contribution in [3.05, 3.63) is 41.1 Å². The molecule has 3 N–H and O–H groups in total. The minimum absolute atomic E-state index is 0.0316. The number of carbonyl (C=O) groups is 1. The Balaban J connectivity index is 2.45. The normalized spacial score (nSPS) is 11.4. The molecule has 0 saturated heterocycles. The van der Waals surface area contributed by atoms with Crippen molar-refractivity contribution < 1.29 is 14.6 Å². The second-order valence-electron chi connectivity index (χ2n) is 6.49. The number of hydrogen-bond acceptors (Lipinski definition) is 6. The quantitative estimate of drug-likeness (QED) is 0.837. The number of rotatable bonds is 4. The van der Waals surface area contributed by atoms with Crippen molar-refractivity contribution in [2.45, 2.75) is 39.7 Å². The number of aromatic nitrogens is 2. The minimum atomic E-state index is -0.549. The lowest BCUT2D eigenvalue weighted by Gasteiger charge is -2.20. The highest BCUT2D eigenvalue weighted by molar-refractivity contribution is 5.94. The zero-order valence-corrected chi connectivity index (χ0v) is 14.5. The SMILES string of the molecule is CCOC(=O)c1cnc(-c2ccc(C(C)(C)C)cc2CO)nc1N. The molecule has 0 aliphatic rings. The predicted molar refractivity (Wildman–Crippen MR) is 92.5 cm³/mol. The van der Waals surface area contributed by atoms with Gasteiger partial charge in [0, 0.05) is 11.8 Å². The van der Waals surface area contributed by atoms with Gasteiger partial charge in [-0.3, -0.25) is 0 Å². The van der Waals surface area contributed by atoms with Gasteiger partial charge < -0.3 is 15.6 Å². The number of hydrogen-bond donors (Lipinski definition) is 2. The molecule has 0 aliphatic heterocycles. The van der Waals surface area contributed by atoms with Gasteiger partial charge in [0.2, 0.25) is 0 Å². The lowest BCUT2D eigenvalue weighted by Crippen LogP contribution is -2.13. The molecule has 0 atom stereocenters. The Morgan fingerprint density at radius 2 is 2.04 bits per heavy atom. The number of aliphatic hydroxyl groups is 1. The van der Waals surface area contributed by atoms with Crippen molar-refractivity contribution in [1.29, 1.82) is 0 Å². The summed E-state index contributed by atoms with van der Waals surface area (Å²) in [5.74, 6) is -0.126. The van der Waals surface area contributed by atoms with Gasteiger partial charge in [-0.15, -0.1) is 0 Å². The summed E-state index contributed by atoms with van der Waals surface area (Å²) in [6.07, 6.45) is 1.36. The molecule has 0 unspecified atom stereocenters. The molecule has 0 aliphatic carbocycles. The first-order valence-electron chi connectivity index (χ1n) is 7.82. The summed E-state index contributed by atoms with van der Waals surface area (Å²) in [4.78, 5) is 20.2. The molecule has 0 spiro atoms. The Labute approximate surface area is 141 Å². The monoisotopic (exact) mass is 329 g/mol. The summed E-state index contributed by atoms with van der Waals surface area (Å²) in [7, 11) is 0. The molecular formula is C18H23N3O3. The molecule has 0 amide bonds. The number of ether oxygens (including phenoxy) is 1. The van der Waals surface area contributed by atoms with E-state index in [0.29, 0.717) is 17.0 Å². The van der Waals surface area contributed by atoms with Crippen LogP contribution in [0.25, 0.3) is 11.4 Å². The van der Waals surface area contributed by atoms with E-state index in [2.05, 4.69) is 30.7 Å². The van der Waals surface area contributed by atoms with Gasteiger partial charge in [0.1, 0.15) is 11.4 Å². The summed E-state index contributed by atoms with van der Waals surface area (Å²) in [5.41, 5.74) is 8.48. The maximum absolute atomic E-state index is 11.8. The van der Waals surface area contributed by atoms with Crippen molar-refractivity contribution in [3.63, 3.8) is 0 Å². The van der Waals surface area contributed by atoms with Gasteiger partial charge in [-0.25, -0.2) is 14.8 Å². The molecule has 0 saturated carbocycles. The van der Waals surface area contributed by atoms with Gasteiger partial charge in [0.05, 0.1) is 13.2 Å². The van der Waals surface area contributed by atoms with E-state index in [0.717, 1.165) is 5.56 Å². The fourth-order valence-electron chi connectivity index (χ4n) is 2.30. The Bertz CT molecular complexity index is 752. The molecule has 1 aromatic carbocycles. The number of nitrogens with two attached hydrogens (primary N) is 1. The molecule has 24 heavy (non-hydrogen) atoms. The Morgan fingerprint density at radius 3 is 2.58 bits per heavy atom. The van der Waals surface area contributed by atoms with E-state index in [-0.39, 0.29) is 30.0 Å². The van der Waals surface area contributed by atoms with Crippen LogP contribution in [0.15, 0.2) is 24.4 Å². The molecule has 0 radical (unpaired) electrons. The summed E-state index contributed by atoms with van der Waals surface area (Å²) >= 11 is 0. The lowest BCUT2D eigenvalue weighted by molar-refractivity contribution is 0.0527. The largest absolute Gasteiger partial charge is 0.462 e. The molecule has 128 valence electrons. The number of esters is 1. The van der Waals surface area contributed by atoms with E-state index in [9.17, 15) is 9.90 Å². The van der Waals surface area contributed by atoms with Crippen molar-refractivity contribution in [2.24, 2.45) is 0 Å². The van der Waals surface area contributed by atoms with Gasteiger partial charge in [-0.2, -0.15) is 0 Å². The number of benzene rings is 1. The molecule has 0 fully saturated rings. The zero-order valence-electron chi connectivity index (χ0n) is 14.5. The molecule has 1 heterocycles. The van der Waals surface area contributed by atoms with Crippen molar-refractivity contribution in [3.8, 4) is 11.4 Å². The highest BCUT2D eigenvalue weighted by Crippen LogP contribution is 2.29. The lowest BCUT2D eigenvalue weighted by atomic mass is 9.85.